The molecule has 1 atom stereocenters. The predicted octanol–water partition coefficient (Wildman–Crippen LogP) is 4.72. The zero-order valence-corrected chi connectivity index (χ0v) is 21.4. The molecular formula is C26H34Cl2N4O2. The van der Waals surface area contributed by atoms with E-state index < -0.39 is 0 Å². The van der Waals surface area contributed by atoms with Gasteiger partial charge in [-0.15, -0.1) is 0 Å². The molecule has 1 aromatic heterocycles. The van der Waals surface area contributed by atoms with Crippen molar-refractivity contribution in [2.45, 2.75) is 70.4 Å². The van der Waals surface area contributed by atoms with E-state index in [0.717, 1.165) is 94.4 Å². The Kier molecular flexibility index (Phi) is 8.81. The zero-order valence-electron chi connectivity index (χ0n) is 19.8. The van der Waals surface area contributed by atoms with Crippen molar-refractivity contribution in [3.63, 3.8) is 0 Å². The van der Waals surface area contributed by atoms with Crippen molar-refractivity contribution < 1.29 is 9.90 Å². The smallest absolute Gasteiger partial charge is 0.272 e. The molecule has 0 aliphatic carbocycles. The van der Waals surface area contributed by atoms with E-state index in [1.54, 1.807) is 0 Å². The molecule has 1 aromatic carbocycles. The Balaban J connectivity index is 1.32. The molecular weight excluding hydrogens is 471 g/mol. The highest BCUT2D eigenvalue weighted by Gasteiger charge is 2.30. The first-order valence-corrected chi connectivity index (χ1v) is 13.1. The molecule has 0 spiro atoms. The fourth-order valence-electron chi connectivity index (χ4n) is 5.16. The molecule has 3 heterocycles. The second kappa shape index (κ2) is 11.8. The standard InChI is InChI=1S/C26H34Cl2N4O2/c1-18-24(6-2-4-19-7-8-22(27)23(28)16-19)29-17-30-25(18)26(34)32-13-9-20(10-14-32)31-12-3-5-21(33)11-15-31/h7-8,16-17,20-21,33H,2-6,9-15H2,1H3. The number of aryl methyl sites for hydroxylation is 2. The Labute approximate surface area is 212 Å². The van der Waals surface area contributed by atoms with Crippen LogP contribution < -0.4 is 0 Å². The van der Waals surface area contributed by atoms with E-state index in [9.17, 15) is 9.90 Å². The van der Waals surface area contributed by atoms with E-state index >= 15 is 0 Å². The maximum absolute atomic E-state index is 13.3. The zero-order chi connectivity index (χ0) is 24.1. The number of piperidine rings is 1. The lowest BCUT2D eigenvalue weighted by Crippen LogP contribution is -2.47. The normalized spacial score (nSPS) is 20.4. The van der Waals surface area contributed by atoms with Crippen molar-refractivity contribution in [3.8, 4) is 0 Å². The fraction of sp³-hybridized carbons (Fsp3) is 0.577. The SMILES string of the molecule is Cc1c(CCCc2ccc(Cl)c(Cl)c2)ncnc1C(=O)N1CCC(N2CCCC(O)CC2)CC1. The van der Waals surface area contributed by atoms with E-state index in [-0.39, 0.29) is 12.0 Å². The molecule has 2 aromatic rings. The molecule has 1 amide bonds. The van der Waals surface area contributed by atoms with E-state index in [2.05, 4.69) is 14.9 Å². The number of hydrogen-bond acceptors (Lipinski definition) is 5. The van der Waals surface area contributed by atoms with Crippen molar-refractivity contribution in [2.24, 2.45) is 0 Å². The van der Waals surface area contributed by atoms with Crippen molar-refractivity contribution in [1.29, 1.82) is 0 Å². The molecule has 34 heavy (non-hydrogen) atoms. The van der Waals surface area contributed by atoms with E-state index in [1.165, 1.54) is 6.33 Å². The molecule has 0 radical (unpaired) electrons. The summed E-state index contributed by atoms with van der Waals surface area (Å²) in [7, 11) is 0. The molecule has 1 N–H and O–H groups in total. The number of carbonyl (C=O) groups excluding carboxylic acids is 1. The number of likely N-dealkylation sites (tertiary alicyclic amines) is 2. The van der Waals surface area contributed by atoms with E-state index in [4.69, 9.17) is 23.2 Å². The number of rotatable bonds is 6. The summed E-state index contributed by atoms with van der Waals surface area (Å²) in [5.41, 5.74) is 3.47. The first-order valence-electron chi connectivity index (χ1n) is 12.4. The summed E-state index contributed by atoms with van der Waals surface area (Å²) in [4.78, 5) is 26.6. The minimum Gasteiger partial charge on any atom is -0.393 e. The average Bonchev–Trinajstić information content (AvgIpc) is 3.06. The van der Waals surface area contributed by atoms with Gasteiger partial charge in [-0.25, -0.2) is 9.97 Å². The Morgan fingerprint density at radius 2 is 1.82 bits per heavy atom. The van der Waals surface area contributed by atoms with Crippen LogP contribution in [0.5, 0.6) is 0 Å². The molecule has 2 saturated heterocycles. The average molecular weight is 505 g/mol. The second-order valence-corrected chi connectivity index (χ2v) is 10.4. The van der Waals surface area contributed by atoms with Gasteiger partial charge in [-0.2, -0.15) is 0 Å². The third-order valence-electron chi connectivity index (χ3n) is 7.25. The lowest BCUT2D eigenvalue weighted by Gasteiger charge is -2.38. The van der Waals surface area contributed by atoms with Crippen LogP contribution in [0, 0.1) is 6.92 Å². The van der Waals surface area contributed by atoms with Crippen LogP contribution in [-0.4, -0.2) is 69.1 Å². The monoisotopic (exact) mass is 504 g/mol. The minimum absolute atomic E-state index is 0.00960. The van der Waals surface area contributed by atoms with Crippen molar-refractivity contribution in [1.82, 2.24) is 19.8 Å². The number of halogens is 2. The van der Waals surface area contributed by atoms with Crippen LogP contribution >= 0.6 is 23.2 Å². The summed E-state index contributed by atoms with van der Waals surface area (Å²) in [5, 5.41) is 11.1. The van der Waals surface area contributed by atoms with Crippen LogP contribution in [0.3, 0.4) is 0 Å². The molecule has 8 heteroatoms. The summed E-state index contributed by atoms with van der Waals surface area (Å²) in [6.45, 7) is 5.46. The molecule has 0 saturated carbocycles. The van der Waals surface area contributed by atoms with Crippen LogP contribution in [-0.2, 0) is 12.8 Å². The number of aliphatic hydroxyl groups excluding tert-OH is 1. The number of hydrogen-bond donors (Lipinski definition) is 1. The van der Waals surface area contributed by atoms with Gasteiger partial charge in [0.25, 0.3) is 5.91 Å². The molecule has 1 unspecified atom stereocenters. The van der Waals surface area contributed by atoms with Gasteiger partial charge in [0.05, 0.1) is 16.1 Å². The highest BCUT2D eigenvalue weighted by Crippen LogP contribution is 2.25. The summed E-state index contributed by atoms with van der Waals surface area (Å²) in [6.07, 6.45) is 8.65. The third kappa shape index (κ3) is 6.28. The Bertz CT molecular complexity index is 995. The van der Waals surface area contributed by atoms with Crippen LogP contribution in [0.2, 0.25) is 10.0 Å². The Hall–Kier alpha value is -1.73. The maximum atomic E-state index is 13.3. The molecule has 184 valence electrons. The molecule has 4 rings (SSSR count). The lowest BCUT2D eigenvalue weighted by atomic mass is 10.0. The molecule has 6 nitrogen and oxygen atoms in total. The maximum Gasteiger partial charge on any atom is 0.272 e. The molecule has 0 bridgehead atoms. The van der Waals surface area contributed by atoms with Gasteiger partial charge < -0.3 is 14.9 Å². The summed E-state index contributed by atoms with van der Waals surface area (Å²) >= 11 is 12.1. The van der Waals surface area contributed by atoms with E-state index in [1.807, 2.05) is 30.0 Å². The number of carbonyl (C=O) groups is 1. The number of benzene rings is 1. The van der Waals surface area contributed by atoms with Crippen LogP contribution in [0.25, 0.3) is 0 Å². The molecule has 2 fully saturated rings. The quantitative estimate of drug-likeness (QED) is 0.616. The second-order valence-electron chi connectivity index (χ2n) is 9.54. The van der Waals surface area contributed by atoms with Gasteiger partial charge in [0.15, 0.2) is 0 Å². The van der Waals surface area contributed by atoms with Gasteiger partial charge >= 0.3 is 0 Å². The van der Waals surface area contributed by atoms with Gasteiger partial charge in [0.2, 0.25) is 0 Å². The summed E-state index contributed by atoms with van der Waals surface area (Å²) in [5.74, 6) is 0.00960. The van der Waals surface area contributed by atoms with Gasteiger partial charge in [0.1, 0.15) is 12.0 Å². The molecule has 2 aliphatic heterocycles. The van der Waals surface area contributed by atoms with Crippen molar-refractivity contribution >= 4 is 29.1 Å². The number of nitrogens with zero attached hydrogens (tertiary/aromatic N) is 4. The van der Waals surface area contributed by atoms with Crippen LogP contribution in [0.4, 0.5) is 0 Å². The van der Waals surface area contributed by atoms with Crippen molar-refractivity contribution in [3.05, 3.63) is 57.1 Å². The summed E-state index contributed by atoms with van der Waals surface area (Å²) < 4.78 is 0. The Morgan fingerprint density at radius 1 is 1.03 bits per heavy atom. The van der Waals surface area contributed by atoms with Crippen LogP contribution in [0.15, 0.2) is 24.5 Å². The molecule has 2 aliphatic rings. The number of aromatic nitrogens is 2. The minimum atomic E-state index is -0.161. The predicted molar refractivity (Wildman–Crippen MR) is 136 cm³/mol. The van der Waals surface area contributed by atoms with Gasteiger partial charge in [-0.3, -0.25) is 4.79 Å². The number of amides is 1. The lowest BCUT2D eigenvalue weighted by molar-refractivity contribution is 0.0610. The first kappa shape index (κ1) is 25.4. The Morgan fingerprint density at radius 3 is 2.59 bits per heavy atom. The highest BCUT2D eigenvalue weighted by atomic mass is 35.5. The summed E-state index contributed by atoms with van der Waals surface area (Å²) in [6, 6.07) is 6.22. The van der Waals surface area contributed by atoms with Crippen LogP contribution in [0.1, 0.15) is 65.8 Å². The van der Waals surface area contributed by atoms with E-state index in [0.29, 0.717) is 21.8 Å². The fourth-order valence-corrected chi connectivity index (χ4v) is 5.48. The highest BCUT2D eigenvalue weighted by molar-refractivity contribution is 6.42. The first-order chi connectivity index (χ1) is 16.4. The largest absolute Gasteiger partial charge is 0.393 e. The van der Waals surface area contributed by atoms with Gasteiger partial charge in [-0.05, 0) is 82.5 Å². The van der Waals surface area contributed by atoms with Gasteiger partial charge in [0, 0.05) is 36.9 Å². The van der Waals surface area contributed by atoms with Crippen molar-refractivity contribution in [2.75, 3.05) is 26.2 Å². The topological polar surface area (TPSA) is 69.6 Å². The third-order valence-corrected chi connectivity index (χ3v) is 7.99. The van der Waals surface area contributed by atoms with Gasteiger partial charge in [-0.1, -0.05) is 29.3 Å². The number of aliphatic hydroxyl groups is 1.